The molecule has 1 aromatic carbocycles. The minimum atomic E-state index is -0.662. The molecule has 32 heavy (non-hydrogen) atoms. The Morgan fingerprint density at radius 1 is 1.03 bits per heavy atom. The highest BCUT2D eigenvalue weighted by molar-refractivity contribution is 6.29. The number of piperazine rings is 1. The molecule has 1 saturated heterocycles. The van der Waals surface area contributed by atoms with Crippen molar-refractivity contribution in [2.75, 3.05) is 37.6 Å². The molecule has 0 radical (unpaired) electrons. The van der Waals surface area contributed by atoms with Crippen LogP contribution in [0, 0.1) is 0 Å². The molecule has 3 aliphatic rings. The number of halogens is 1. The van der Waals surface area contributed by atoms with Crippen molar-refractivity contribution in [3.05, 3.63) is 58.7 Å². The third kappa shape index (κ3) is 3.90. The second-order valence-corrected chi connectivity index (χ2v) is 8.72. The first-order valence-electron chi connectivity index (χ1n) is 10.9. The lowest BCUT2D eigenvalue weighted by Crippen LogP contribution is -2.52. The van der Waals surface area contributed by atoms with Gasteiger partial charge in [0.2, 0.25) is 11.8 Å². The Balaban J connectivity index is 1.18. The maximum absolute atomic E-state index is 13.0. The monoisotopic (exact) mass is 453 g/mol. The Morgan fingerprint density at radius 3 is 2.50 bits per heavy atom. The van der Waals surface area contributed by atoms with Crippen molar-refractivity contribution in [2.45, 2.75) is 24.9 Å². The number of carbonyl (C=O) groups is 3. The average Bonchev–Trinajstić information content (AvgIpc) is 3.61. The van der Waals surface area contributed by atoms with Crippen molar-refractivity contribution in [1.29, 1.82) is 0 Å². The van der Waals surface area contributed by atoms with Gasteiger partial charge >= 0.3 is 0 Å². The summed E-state index contributed by atoms with van der Waals surface area (Å²) in [5.74, 6) is 0.265. The SMILES string of the molecule is O=C(NCC(=O)N1CCN(c2cccc(Cl)n2)CC1)C1c2ccccc2C(=O)N1C1CC1. The second kappa shape index (κ2) is 8.43. The van der Waals surface area contributed by atoms with Gasteiger partial charge in [0, 0.05) is 37.8 Å². The third-order valence-electron chi connectivity index (χ3n) is 6.26. The number of fused-ring (bicyclic) bond motifs is 1. The predicted molar refractivity (Wildman–Crippen MR) is 119 cm³/mol. The molecule has 1 unspecified atom stereocenters. The van der Waals surface area contributed by atoms with Crippen LogP contribution < -0.4 is 10.2 Å². The van der Waals surface area contributed by atoms with Gasteiger partial charge in [0.25, 0.3) is 5.91 Å². The lowest BCUT2D eigenvalue weighted by atomic mass is 10.0. The fourth-order valence-corrected chi connectivity index (χ4v) is 4.62. The predicted octanol–water partition coefficient (Wildman–Crippen LogP) is 1.86. The Bertz CT molecular complexity index is 1070. The number of carbonyl (C=O) groups excluding carboxylic acids is 3. The summed E-state index contributed by atoms with van der Waals surface area (Å²) < 4.78 is 0. The first kappa shape index (κ1) is 20.8. The van der Waals surface area contributed by atoms with Gasteiger partial charge in [-0.3, -0.25) is 14.4 Å². The molecule has 1 aliphatic carbocycles. The van der Waals surface area contributed by atoms with E-state index in [1.807, 2.05) is 30.3 Å². The largest absolute Gasteiger partial charge is 0.353 e. The lowest BCUT2D eigenvalue weighted by Gasteiger charge is -2.35. The van der Waals surface area contributed by atoms with Gasteiger partial charge in [0.05, 0.1) is 6.54 Å². The van der Waals surface area contributed by atoms with Crippen LogP contribution in [0.3, 0.4) is 0 Å². The Morgan fingerprint density at radius 2 is 1.78 bits per heavy atom. The Kier molecular flexibility index (Phi) is 5.46. The molecule has 166 valence electrons. The molecular formula is C23H24ClN5O3. The zero-order valence-electron chi connectivity index (χ0n) is 17.5. The number of amides is 3. The van der Waals surface area contributed by atoms with E-state index in [4.69, 9.17) is 11.6 Å². The van der Waals surface area contributed by atoms with Gasteiger partial charge in [-0.05, 0) is 36.6 Å². The molecule has 2 aromatic rings. The summed E-state index contributed by atoms with van der Waals surface area (Å²) in [7, 11) is 0. The van der Waals surface area contributed by atoms with Crippen molar-refractivity contribution in [1.82, 2.24) is 20.1 Å². The van der Waals surface area contributed by atoms with Crippen molar-refractivity contribution in [2.24, 2.45) is 0 Å². The van der Waals surface area contributed by atoms with Crippen molar-refractivity contribution in [3.63, 3.8) is 0 Å². The number of anilines is 1. The number of nitrogens with one attached hydrogen (secondary N) is 1. The van der Waals surface area contributed by atoms with Crippen LogP contribution in [0.4, 0.5) is 5.82 Å². The van der Waals surface area contributed by atoms with Gasteiger partial charge in [-0.2, -0.15) is 0 Å². The number of hydrogen-bond donors (Lipinski definition) is 1. The quantitative estimate of drug-likeness (QED) is 0.698. The van der Waals surface area contributed by atoms with E-state index in [1.165, 1.54) is 0 Å². The normalized spacial score (nSPS) is 20.3. The van der Waals surface area contributed by atoms with E-state index < -0.39 is 6.04 Å². The third-order valence-corrected chi connectivity index (χ3v) is 6.47. The molecule has 1 N–H and O–H groups in total. The summed E-state index contributed by atoms with van der Waals surface area (Å²) in [6.45, 7) is 2.29. The number of nitrogens with zero attached hydrogens (tertiary/aromatic N) is 4. The highest BCUT2D eigenvalue weighted by Crippen LogP contribution is 2.41. The molecule has 9 heteroatoms. The molecule has 1 atom stereocenters. The number of pyridine rings is 1. The Labute approximate surface area is 191 Å². The van der Waals surface area contributed by atoms with Gasteiger partial charge in [-0.25, -0.2) is 4.98 Å². The molecule has 2 fully saturated rings. The zero-order chi connectivity index (χ0) is 22.2. The summed E-state index contributed by atoms with van der Waals surface area (Å²) >= 11 is 5.98. The van der Waals surface area contributed by atoms with Crippen LogP contribution in [-0.4, -0.2) is 71.3 Å². The fourth-order valence-electron chi connectivity index (χ4n) is 4.46. The molecular weight excluding hydrogens is 430 g/mol. The zero-order valence-corrected chi connectivity index (χ0v) is 18.3. The van der Waals surface area contributed by atoms with E-state index in [2.05, 4.69) is 15.2 Å². The minimum absolute atomic E-state index is 0.0837. The summed E-state index contributed by atoms with van der Waals surface area (Å²) in [5, 5.41) is 3.22. The molecule has 2 aliphatic heterocycles. The smallest absolute Gasteiger partial charge is 0.255 e. The maximum atomic E-state index is 13.0. The van der Waals surface area contributed by atoms with E-state index in [9.17, 15) is 14.4 Å². The van der Waals surface area contributed by atoms with Crippen LogP contribution >= 0.6 is 11.6 Å². The van der Waals surface area contributed by atoms with Crippen LogP contribution in [0.2, 0.25) is 5.15 Å². The van der Waals surface area contributed by atoms with Gasteiger partial charge in [0.1, 0.15) is 17.0 Å². The molecule has 0 spiro atoms. The molecule has 0 bridgehead atoms. The highest BCUT2D eigenvalue weighted by atomic mass is 35.5. The number of hydrogen-bond acceptors (Lipinski definition) is 5. The van der Waals surface area contributed by atoms with E-state index >= 15 is 0 Å². The Hall–Kier alpha value is -3.13. The number of benzene rings is 1. The first-order chi connectivity index (χ1) is 15.5. The van der Waals surface area contributed by atoms with Gasteiger partial charge in [0.15, 0.2) is 0 Å². The number of aromatic nitrogens is 1. The van der Waals surface area contributed by atoms with Crippen LogP contribution in [-0.2, 0) is 9.59 Å². The van der Waals surface area contributed by atoms with E-state index in [1.54, 1.807) is 21.9 Å². The van der Waals surface area contributed by atoms with Gasteiger partial charge in [-0.15, -0.1) is 0 Å². The molecule has 3 heterocycles. The summed E-state index contributed by atoms with van der Waals surface area (Å²) in [5.41, 5.74) is 1.30. The minimum Gasteiger partial charge on any atom is -0.353 e. The van der Waals surface area contributed by atoms with E-state index in [0.717, 1.165) is 24.2 Å². The molecule has 1 aromatic heterocycles. The molecule has 5 rings (SSSR count). The van der Waals surface area contributed by atoms with Crippen molar-refractivity contribution < 1.29 is 14.4 Å². The summed E-state index contributed by atoms with van der Waals surface area (Å²) in [6, 6.07) is 12.2. The summed E-state index contributed by atoms with van der Waals surface area (Å²) in [4.78, 5) is 48.4. The first-order valence-corrected chi connectivity index (χ1v) is 11.3. The van der Waals surface area contributed by atoms with Crippen LogP contribution in [0.15, 0.2) is 42.5 Å². The van der Waals surface area contributed by atoms with E-state index in [0.29, 0.717) is 36.9 Å². The second-order valence-electron chi connectivity index (χ2n) is 8.34. The van der Waals surface area contributed by atoms with E-state index in [-0.39, 0.29) is 30.3 Å². The highest BCUT2D eigenvalue weighted by Gasteiger charge is 2.47. The molecule has 1 saturated carbocycles. The summed E-state index contributed by atoms with van der Waals surface area (Å²) in [6.07, 6.45) is 1.82. The van der Waals surface area contributed by atoms with Crippen LogP contribution in [0.5, 0.6) is 0 Å². The number of rotatable bonds is 5. The van der Waals surface area contributed by atoms with Crippen LogP contribution in [0.25, 0.3) is 0 Å². The standard InChI is InChI=1S/C23H24ClN5O3/c24-18-6-3-7-19(26-18)27-10-12-28(13-11-27)20(30)14-25-22(31)21-16-4-1-2-5-17(16)23(32)29(21)15-8-9-15/h1-7,15,21H,8-14H2,(H,25,31). The molecule has 3 amide bonds. The lowest BCUT2D eigenvalue weighted by molar-refractivity contribution is -0.134. The molecule has 8 nitrogen and oxygen atoms in total. The van der Waals surface area contributed by atoms with Crippen LogP contribution in [0.1, 0.15) is 34.8 Å². The fraction of sp³-hybridized carbons (Fsp3) is 0.391. The maximum Gasteiger partial charge on any atom is 0.255 e. The van der Waals surface area contributed by atoms with Gasteiger partial charge in [-0.1, -0.05) is 35.9 Å². The van der Waals surface area contributed by atoms with Crippen molar-refractivity contribution >= 4 is 35.1 Å². The van der Waals surface area contributed by atoms with Crippen molar-refractivity contribution in [3.8, 4) is 0 Å². The topological polar surface area (TPSA) is 85.9 Å². The van der Waals surface area contributed by atoms with Gasteiger partial charge < -0.3 is 20.0 Å². The average molecular weight is 454 g/mol.